The molecule has 0 spiro atoms. The van der Waals surface area contributed by atoms with Crippen molar-refractivity contribution in [2.75, 3.05) is 29.7 Å². The average Bonchev–Trinajstić information content (AvgIpc) is 1.31. The van der Waals surface area contributed by atoms with Crippen LogP contribution in [0.25, 0.3) is 0 Å². The fourth-order valence-electron chi connectivity index (χ4n) is 9.40. The lowest BCUT2D eigenvalue weighted by molar-refractivity contribution is -0.155. The second kappa shape index (κ2) is 27.4. The van der Waals surface area contributed by atoms with Crippen LogP contribution in [0.2, 0.25) is 0 Å². The molecule has 3 unspecified atom stereocenters. The van der Waals surface area contributed by atoms with Gasteiger partial charge in [0.15, 0.2) is 22.5 Å². The first-order valence-electron chi connectivity index (χ1n) is 26.0. The molecular weight excluding hydrogens is 1190 g/mol. The number of anilines is 1. The van der Waals surface area contributed by atoms with Crippen LogP contribution in [0.3, 0.4) is 0 Å². The molecule has 17 nitrogen and oxygen atoms in total. The number of thioether (sulfide) groups is 3. The molecule has 2 aliphatic heterocycles. The van der Waals surface area contributed by atoms with Crippen LogP contribution < -0.4 is 20.9 Å². The Morgan fingerprint density at radius 2 is 1.40 bits per heavy atom. The number of carbonyl (C=O) groups is 5. The van der Waals surface area contributed by atoms with Gasteiger partial charge in [0, 0.05) is 16.9 Å². The van der Waals surface area contributed by atoms with Crippen molar-refractivity contribution in [2.45, 2.75) is 45.7 Å². The van der Waals surface area contributed by atoms with E-state index in [1.165, 1.54) is 29.2 Å². The number of methoxy groups -OCH3 is 1. The van der Waals surface area contributed by atoms with Crippen molar-refractivity contribution < 1.29 is 56.9 Å². The predicted octanol–water partition coefficient (Wildman–Crippen LogP) is 10.6. The van der Waals surface area contributed by atoms with Gasteiger partial charge < -0.3 is 34.8 Å². The number of nitrogens with zero attached hydrogens (tertiary/aromatic N) is 3. The number of ether oxygens (including phenoxy) is 3. The number of aromatic amines is 1. The second-order valence-corrected chi connectivity index (χ2v) is 23.9. The Balaban J connectivity index is 0.992. The van der Waals surface area contributed by atoms with Crippen LogP contribution >= 0.6 is 58.2 Å². The van der Waals surface area contributed by atoms with E-state index >= 15 is 4.79 Å². The number of aromatic carboxylic acids is 1. The summed E-state index contributed by atoms with van der Waals surface area (Å²) in [5, 5.41) is 21.3. The number of amides is 2. The van der Waals surface area contributed by atoms with E-state index in [1.54, 1.807) is 84.9 Å². The van der Waals surface area contributed by atoms with Crippen LogP contribution in [0.1, 0.15) is 55.5 Å². The maximum atomic E-state index is 15.1. The molecule has 3 atom stereocenters. The molecule has 434 valence electrons. The van der Waals surface area contributed by atoms with Gasteiger partial charge in [0.2, 0.25) is 6.43 Å². The third kappa shape index (κ3) is 13.5. The van der Waals surface area contributed by atoms with Gasteiger partial charge in [-0.1, -0.05) is 192 Å². The van der Waals surface area contributed by atoms with Crippen LogP contribution in [0, 0.1) is 0 Å². The number of benzene rings is 6. The maximum Gasteiger partial charge on any atom is 0.362 e. The Kier molecular flexibility index (Phi) is 19.2. The number of carbonyl (C=O) groups excluding carboxylic acids is 4. The highest BCUT2D eigenvalue weighted by Gasteiger charge is 2.55. The summed E-state index contributed by atoms with van der Waals surface area (Å²) >= 11 is 4.51. The smallest absolute Gasteiger partial charge is 0.362 e. The molecule has 0 radical (unpaired) electrons. The third-order valence-electron chi connectivity index (χ3n) is 13.4. The summed E-state index contributed by atoms with van der Waals surface area (Å²) in [6, 6.07) is 52.0. The molecule has 24 heteroatoms. The molecular formula is C61H50F2N6O11S5. The van der Waals surface area contributed by atoms with Gasteiger partial charge in [0.1, 0.15) is 40.7 Å². The maximum absolute atomic E-state index is 15.1. The molecule has 4 heterocycles. The zero-order chi connectivity index (χ0) is 59.5. The molecule has 0 aliphatic carbocycles. The number of rotatable bonds is 25. The zero-order valence-corrected chi connectivity index (χ0v) is 48.8. The number of aromatic nitrogens is 2. The number of carboxylic acid groups (broad SMARTS) is 1. The lowest BCUT2D eigenvalue weighted by atomic mass is 9.77. The molecule has 1 saturated heterocycles. The number of β-lactam (4-membered cyclic amide) rings is 1. The molecule has 2 aromatic heterocycles. The Bertz CT molecular complexity index is 3650. The molecule has 2 amide bonds. The third-order valence-corrected chi connectivity index (χ3v) is 18.8. The van der Waals surface area contributed by atoms with Crippen molar-refractivity contribution in [3.63, 3.8) is 0 Å². The van der Waals surface area contributed by atoms with Gasteiger partial charge in [0.25, 0.3) is 22.8 Å². The Morgan fingerprint density at radius 3 is 1.95 bits per heavy atom. The summed E-state index contributed by atoms with van der Waals surface area (Å²) in [4.78, 5) is 94.6. The van der Waals surface area contributed by atoms with Crippen LogP contribution in [-0.2, 0) is 45.6 Å². The van der Waals surface area contributed by atoms with Gasteiger partial charge in [0.05, 0.1) is 17.1 Å². The quantitative estimate of drug-likeness (QED) is 0.00793. The van der Waals surface area contributed by atoms with Gasteiger partial charge in [-0.2, -0.15) is 0 Å². The summed E-state index contributed by atoms with van der Waals surface area (Å²) < 4.78 is 47.8. The van der Waals surface area contributed by atoms with Gasteiger partial charge >= 0.3 is 17.9 Å². The SMILES string of the molecule is COc1ccc(COC(=O)C2=C(CSc3s[nH]c(=O)c3C(=O)O)CSC3C(NC(=O)/C(=N\OC(SCC(F)F)C(=O)OC(c4ccccc4)c4ccccc4)c4csc(NC(c5ccccc5)(c5ccccc5)c5ccccc5)n4)C(=O)N23)cc1. The molecule has 85 heavy (non-hydrogen) atoms. The topological polar surface area (TPSA) is 228 Å². The second-order valence-electron chi connectivity index (χ2n) is 18.8. The molecule has 4 N–H and O–H groups in total. The number of esters is 2. The van der Waals surface area contributed by atoms with E-state index in [1.807, 2.05) is 91.0 Å². The monoisotopic (exact) mass is 1240 g/mol. The zero-order valence-electron chi connectivity index (χ0n) is 44.7. The number of nitrogens with one attached hydrogen (secondary N) is 3. The summed E-state index contributed by atoms with van der Waals surface area (Å²) in [6.07, 6.45) is -3.91. The number of hydrogen-bond acceptors (Lipinski definition) is 18. The molecule has 0 bridgehead atoms. The normalized spacial score (nSPS) is 15.4. The molecule has 1 fully saturated rings. The van der Waals surface area contributed by atoms with Gasteiger partial charge in [-0.15, -0.1) is 34.9 Å². The fraction of sp³-hybridized carbons (Fsp3) is 0.180. The highest BCUT2D eigenvalue weighted by molar-refractivity contribution is 8.02. The average molecular weight is 1240 g/mol. The van der Waals surface area contributed by atoms with Crippen molar-refractivity contribution in [3.05, 3.63) is 248 Å². The molecule has 6 aromatic carbocycles. The number of hydrogen-bond donors (Lipinski definition) is 4. The highest BCUT2D eigenvalue weighted by Crippen LogP contribution is 2.44. The lowest BCUT2D eigenvalue weighted by Gasteiger charge is -2.49. The summed E-state index contributed by atoms with van der Waals surface area (Å²) in [7, 11) is 1.51. The van der Waals surface area contributed by atoms with Crippen LogP contribution in [0.4, 0.5) is 13.9 Å². The minimum absolute atomic E-state index is 0.0272. The highest BCUT2D eigenvalue weighted by atomic mass is 32.2. The van der Waals surface area contributed by atoms with E-state index in [4.69, 9.17) is 24.0 Å². The minimum Gasteiger partial charge on any atom is -0.497 e. The summed E-state index contributed by atoms with van der Waals surface area (Å²) in [6.45, 7) is -0.202. The van der Waals surface area contributed by atoms with Crippen molar-refractivity contribution in [3.8, 4) is 5.75 Å². The first kappa shape index (κ1) is 59.6. The van der Waals surface area contributed by atoms with E-state index in [-0.39, 0.29) is 38.8 Å². The number of halogens is 2. The molecule has 8 aromatic rings. The van der Waals surface area contributed by atoms with Crippen molar-refractivity contribution in [2.24, 2.45) is 5.16 Å². The molecule has 0 saturated carbocycles. The number of carboxylic acids is 1. The Morgan fingerprint density at radius 1 is 0.824 bits per heavy atom. The number of fused-ring (bicyclic) bond motifs is 1. The number of H-pyrrole nitrogens is 1. The van der Waals surface area contributed by atoms with Crippen LogP contribution in [0.15, 0.2) is 207 Å². The molecule has 10 rings (SSSR count). The van der Waals surface area contributed by atoms with Crippen molar-refractivity contribution in [1.29, 1.82) is 0 Å². The van der Waals surface area contributed by atoms with Crippen molar-refractivity contribution >= 4 is 98.7 Å². The Labute approximate surface area is 506 Å². The largest absolute Gasteiger partial charge is 0.497 e. The predicted molar refractivity (Wildman–Crippen MR) is 323 cm³/mol. The van der Waals surface area contributed by atoms with E-state index < -0.39 is 87.2 Å². The fourth-order valence-corrected chi connectivity index (χ4v) is 14.2. The van der Waals surface area contributed by atoms with Gasteiger partial charge in [-0.05, 0) is 51.1 Å². The van der Waals surface area contributed by atoms with Crippen LogP contribution in [0.5, 0.6) is 5.75 Å². The minimum atomic E-state index is -2.90. The number of thiazole rings is 1. The number of alkyl halides is 2. The van der Waals surface area contributed by atoms with E-state index in [9.17, 15) is 37.9 Å². The van der Waals surface area contributed by atoms with Crippen LogP contribution in [-0.4, -0.2) is 102 Å². The first-order valence-corrected chi connectivity index (χ1v) is 30.8. The summed E-state index contributed by atoms with van der Waals surface area (Å²) in [5.41, 5.74) is -0.330. The van der Waals surface area contributed by atoms with Gasteiger partial charge in [-0.3, -0.25) is 23.7 Å². The van der Waals surface area contributed by atoms with E-state index in [0.717, 1.165) is 51.3 Å². The first-order chi connectivity index (χ1) is 41.3. The Hall–Kier alpha value is -8.55. The van der Waals surface area contributed by atoms with E-state index in [0.29, 0.717) is 39.8 Å². The number of oxime groups is 1. The van der Waals surface area contributed by atoms with Crippen molar-refractivity contribution in [1.82, 2.24) is 19.6 Å². The molecule has 2 aliphatic rings. The standard InChI is InChI=1S/C61H50F2N6O11S5/c1-77-43-29-27-36(28-30-43)31-78-56(75)49-39(33-83-59-46(55(73)74)51(70)68-85-59)32-81-54-48(53(72)69(49)54)65-52(71)47(67-80-58(82-35-45(62)63)57(76)79-50(37-17-7-2-8-18-37)38-19-9-3-10-20-38)44-34-84-60(64-44)66-61(40-21-11-4-12-22-40,41-23-13-5-14-24-41)42-25-15-6-16-26-42/h2-30,34,45,48,50,54,58H,31-33,35H2,1H3,(H,64,66)(H,65,71)(H,68,70)(H,73,74)/b67-47-. The summed E-state index contributed by atoms with van der Waals surface area (Å²) in [5.74, 6) is -5.42. The van der Waals surface area contributed by atoms with Gasteiger partial charge in [-0.25, -0.2) is 28.1 Å². The van der Waals surface area contributed by atoms with E-state index in [2.05, 4.69) is 20.2 Å². The lowest BCUT2D eigenvalue weighted by Crippen LogP contribution is -2.71.